The molecule has 0 aromatic carbocycles. The fraction of sp³-hybridized carbons (Fsp3) is 0.444. The van der Waals surface area contributed by atoms with Gasteiger partial charge in [0.15, 0.2) is 0 Å². The number of anilines is 1. The van der Waals surface area contributed by atoms with Crippen molar-refractivity contribution in [2.75, 3.05) is 19.4 Å². The number of likely N-dealkylation sites (N-methyl/N-ethyl adjacent to an activating group) is 1. The Labute approximate surface area is 83.1 Å². The zero-order valence-corrected chi connectivity index (χ0v) is 8.56. The van der Waals surface area contributed by atoms with E-state index in [0.717, 1.165) is 0 Å². The molecule has 0 fully saturated rings. The minimum Gasteiger partial charge on any atom is -0.357 e. The van der Waals surface area contributed by atoms with Crippen LogP contribution in [0.5, 0.6) is 0 Å². The fourth-order valence-electron chi connectivity index (χ4n) is 1.05. The van der Waals surface area contributed by atoms with Crippen LogP contribution in [0.4, 0.5) is 5.82 Å². The van der Waals surface area contributed by atoms with Crippen LogP contribution in [0.25, 0.3) is 0 Å². The molecule has 1 aromatic rings. The van der Waals surface area contributed by atoms with Crippen molar-refractivity contribution in [2.45, 2.75) is 13.0 Å². The zero-order chi connectivity index (χ0) is 10.6. The van der Waals surface area contributed by atoms with Gasteiger partial charge >= 0.3 is 0 Å². The van der Waals surface area contributed by atoms with Gasteiger partial charge in [0.1, 0.15) is 11.9 Å². The Kier molecular flexibility index (Phi) is 3.39. The molecule has 5 nitrogen and oxygen atoms in total. The second-order valence-electron chi connectivity index (χ2n) is 3.21. The summed E-state index contributed by atoms with van der Waals surface area (Å²) in [6, 6.07) is 3.25. The molecule has 5 heteroatoms. The molecule has 0 saturated carbocycles. The number of aromatic nitrogens is 2. The van der Waals surface area contributed by atoms with Crippen LogP contribution in [0, 0.1) is 0 Å². The predicted molar refractivity (Wildman–Crippen MR) is 53.8 cm³/mol. The summed E-state index contributed by atoms with van der Waals surface area (Å²) < 4.78 is 0. The molecule has 76 valence electrons. The maximum atomic E-state index is 11.5. The SMILES string of the molecule is CC(Nc1cccnn1)C(=O)N(C)C. The van der Waals surface area contributed by atoms with Crippen molar-refractivity contribution in [3.63, 3.8) is 0 Å². The summed E-state index contributed by atoms with van der Waals surface area (Å²) in [6.45, 7) is 1.79. The van der Waals surface area contributed by atoms with Crippen LogP contribution >= 0.6 is 0 Å². The van der Waals surface area contributed by atoms with Crippen molar-refractivity contribution in [3.8, 4) is 0 Å². The average Bonchev–Trinajstić information content (AvgIpc) is 2.18. The number of rotatable bonds is 3. The quantitative estimate of drug-likeness (QED) is 0.755. The number of amides is 1. The van der Waals surface area contributed by atoms with E-state index in [-0.39, 0.29) is 11.9 Å². The van der Waals surface area contributed by atoms with E-state index >= 15 is 0 Å². The molecule has 0 bridgehead atoms. The van der Waals surface area contributed by atoms with Crippen LogP contribution < -0.4 is 5.32 Å². The average molecular weight is 194 g/mol. The largest absolute Gasteiger partial charge is 0.357 e. The highest BCUT2D eigenvalue weighted by atomic mass is 16.2. The number of carbonyl (C=O) groups excluding carboxylic acids is 1. The Morgan fingerprint density at radius 3 is 2.79 bits per heavy atom. The Morgan fingerprint density at radius 1 is 1.57 bits per heavy atom. The van der Waals surface area contributed by atoms with Gasteiger partial charge in [0.25, 0.3) is 0 Å². The molecular weight excluding hydrogens is 180 g/mol. The minimum atomic E-state index is -0.290. The molecule has 1 atom stereocenters. The smallest absolute Gasteiger partial charge is 0.244 e. The van der Waals surface area contributed by atoms with E-state index < -0.39 is 0 Å². The number of nitrogens with zero attached hydrogens (tertiary/aromatic N) is 3. The highest BCUT2D eigenvalue weighted by Crippen LogP contribution is 2.02. The molecule has 1 rings (SSSR count). The first-order valence-corrected chi connectivity index (χ1v) is 4.36. The topological polar surface area (TPSA) is 58.1 Å². The van der Waals surface area contributed by atoms with Crippen molar-refractivity contribution in [1.82, 2.24) is 15.1 Å². The minimum absolute atomic E-state index is 0.00986. The van der Waals surface area contributed by atoms with Crippen molar-refractivity contribution in [2.24, 2.45) is 0 Å². The van der Waals surface area contributed by atoms with Gasteiger partial charge in [0, 0.05) is 20.3 Å². The second-order valence-corrected chi connectivity index (χ2v) is 3.21. The lowest BCUT2D eigenvalue weighted by Crippen LogP contribution is -2.36. The van der Waals surface area contributed by atoms with E-state index in [1.807, 2.05) is 0 Å². The van der Waals surface area contributed by atoms with Gasteiger partial charge in [-0.1, -0.05) is 0 Å². The molecule has 1 heterocycles. The van der Waals surface area contributed by atoms with Crippen molar-refractivity contribution in [3.05, 3.63) is 18.3 Å². The van der Waals surface area contributed by atoms with Gasteiger partial charge in [-0.05, 0) is 19.1 Å². The third-order valence-corrected chi connectivity index (χ3v) is 1.75. The summed E-state index contributed by atoms with van der Waals surface area (Å²) in [4.78, 5) is 13.0. The van der Waals surface area contributed by atoms with Crippen molar-refractivity contribution >= 4 is 11.7 Å². The van der Waals surface area contributed by atoms with Gasteiger partial charge in [0.05, 0.1) is 0 Å². The Morgan fingerprint density at radius 2 is 2.29 bits per heavy atom. The van der Waals surface area contributed by atoms with Crippen LogP contribution in [0.2, 0.25) is 0 Å². The summed E-state index contributed by atoms with van der Waals surface area (Å²) in [7, 11) is 3.44. The van der Waals surface area contributed by atoms with E-state index in [0.29, 0.717) is 5.82 Å². The Bertz CT molecular complexity index is 299. The zero-order valence-electron chi connectivity index (χ0n) is 8.56. The number of nitrogens with one attached hydrogen (secondary N) is 1. The van der Waals surface area contributed by atoms with E-state index in [1.54, 1.807) is 39.3 Å². The molecule has 0 spiro atoms. The predicted octanol–water partition coefficient (Wildman–Crippen LogP) is 0.365. The van der Waals surface area contributed by atoms with E-state index in [2.05, 4.69) is 15.5 Å². The van der Waals surface area contributed by atoms with Crippen LogP contribution in [0.1, 0.15) is 6.92 Å². The number of hydrogen-bond donors (Lipinski definition) is 1. The molecule has 1 amide bonds. The van der Waals surface area contributed by atoms with Crippen LogP contribution in [0.15, 0.2) is 18.3 Å². The third kappa shape index (κ3) is 2.69. The van der Waals surface area contributed by atoms with E-state index in [1.165, 1.54) is 4.90 Å². The van der Waals surface area contributed by atoms with Crippen LogP contribution in [-0.2, 0) is 4.79 Å². The molecule has 0 radical (unpaired) electrons. The Balaban J connectivity index is 2.57. The molecule has 1 aromatic heterocycles. The first-order chi connectivity index (χ1) is 6.61. The van der Waals surface area contributed by atoms with Crippen molar-refractivity contribution < 1.29 is 4.79 Å². The van der Waals surface area contributed by atoms with E-state index in [9.17, 15) is 4.79 Å². The van der Waals surface area contributed by atoms with Gasteiger partial charge in [-0.25, -0.2) is 0 Å². The first kappa shape index (κ1) is 10.4. The van der Waals surface area contributed by atoms with Crippen molar-refractivity contribution in [1.29, 1.82) is 0 Å². The summed E-state index contributed by atoms with van der Waals surface area (Å²) in [5.74, 6) is 0.617. The summed E-state index contributed by atoms with van der Waals surface area (Å²) in [5.41, 5.74) is 0. The molecular formula is C9H14N4O. The maximum Gasteiger partial charge on any atom is 0.244 e. The van der Waals surface area contributed by atoms with Gasteiger partial charge in [-0.3, -0.25) is 4.79 Å². The van der Waals surface area contributed by atoms with E-state index in [4.69, 9.17) is 0 Å². The lowest BCUT2D eigenvalue weighted by Gasteiger charge is -2.17. The summed E-state index contributed by atoms with van der Waals surface area (Å²) in [6.07, 6.45) is 1.59. The first-order valence-electron chi connectivity index (χ1n) is 4.36. The molecule has 0 aliphatic rings. The monoisotopic (exact) mass is 194 g/mol. The van der Waals surface area contributed by atoms with Gasteiger partial charge in [-0.15, -0.1) is 5.10 Å². The van der Waals surface area contributed by atoms with Crippen LogP contribution in [-0.4, -0.2) is 41.1 Å². The number of hydrogen-bond acceptors (Lipinski definition) is 4. The van der Waals surface area contributed by atoms with Gasteiger partial charge in [0.2, 0.25) is 5.91 Å². The third-order valence-electron chi connectivity index (χ3n) is 1.75. The normalized spacial score (nSPS) is 11.9. The van der Waals surface area contributed by atoms with Gasteiger partial charge < -0.3 is 10.2 Å². The highest BCUT2D eigenvalue weighted by molar-refractivity contribution is 5.83. The molecule has 14 heavy (non-hydrogen) atoms. The molecule has 1 unspecified atom stereocenters. The van der Waals surface area contributed by atoms with Gasteiger partial charge in [-0.2, -0.15) is 5.10 Å². The standard InChI is InChI=1S/C9H14N4O/c1-7(9(14)13(2)3)11-8-5-4-6-10-12-8/h4-7H,1-3H3,(H,11,12). The Hall–Kier alpha value is -1.65. The maximum absolute atomic E-state index is 11.5. The molecule has 0 aliphatic heterocycles. The molecule has 1 N–H and O–H groups in total. The highest BCUT2D eigenvalue weighted by Gasteiger charge is 2.14. The lowest BCUT2D eigenvalue weighted by molar-refractivity contribution is -0.129. The molecule has 0 saturated heterocycles. The summed E-state index contributed by atoms with van der Waals surface area (Å²) in [5, 5.41) is 10.5. The fourth-order valence-corrected chi connectivity index (χ4v) is 1.05. The number of carbonyl (C=O) groups is 1. The lowest BCUT2D eigenvalue weighted by atomic mass is 10.3. The summed E-state index contributed by atoms with van der Waals surface area (Å²) >= 11 is 0. The van der Waals surface area contributed by atoms with Crippen LogP contribution in [0.3, 0.4) is 0 Å². The molecule has 0 aliphatic carbocycles. The second kappa shape index (κ2) is 4.55.